The summed E-state index contributed by atoms with van der Waals surface area (Å²) in [5.74, 6) is -1.25. The molecule has 2 rings (SSSR count). The van der Waals surface area contributed by atoms with E-state index in [2.05, 4.69) is 20.3 Å². The second-order valence-electron chi connectivity index (χ2n) is 4.51. The highest BCUT2D eigenvalue weighted by Gasteiger charge is 2.23. The van der Waals surface area contributed by atoms with Crippen molar-refractivity contribution < 1.29 is 14.7 Å². The van der Waals surface area contributed by atoms with Crippen LogP contribution in [0.5, 0.6) is 0 Å². The first-order valence-electron chi connectivity index (χ1n) is 6.10. The van der Waals surface area contributed by atoms with Gasteiger partial charge in [0, 0.05) is 11.5 Å². The van der Waals surface area contributed by atoms with Crippen molar-refractivity contribution in [3.63, 3.8) is 0 Å². The predicted molar refractivity (Wildman–Crippen MR) is 85.1 cm³/mol. The van der Waals surface area contributed by atoms with Gasteiger partial charge in [0.15, 0.2) is 0 Å². The van der Waals surface area contributed by atoms with Crippen LogP contribution >= 0.6 is 27.5 Å². The molecule has 7 heteroatoms. The number of aromatic carboxylic acids is 1. The Morgan fingerprint density at radius 3 is 2.76 bits per heavy atom. The molecule has 0 saturated heterocycles. The third kappa shape index (κ3) is 3.48. The molecular formula is C14H13BrN2O3S. The van der Waals surface area contributed by atoms with E-state index in [1.54, 1.807) is 14.0 Å². The Labute approximate surface area is 134 Å². The fraction of sp³-hybridized carbons (Fsp3) is 0.214. The number of benzene rings is 1. The Morgan fingerprint density at radius 1 is 1.43 bits per heavy atom. The first-order valence-corrected chi connectivity index (χ1v) is 7.67. The molecule has 0 saturated carbocycles. The first kappa shape index (κ1) is 15.7. The van der Waals surface area contributed by atoms with Gasteiger partial charge in [0.1, 0.15) is 10.6 Å². The molecule has 1 aromatic heterocycles. The van der Waals surface area contributed by atoms with Crippen molar-refractivity contribution in [3.05, 3.63) is 45.6 Å². The SMILES string of the molecule is Cc1nsc(N(C)C(=O)Cc2cccc(Br)c2)c1C(=O)O. The number of rotatable bonds is 4. The smallest absolute Gasteiger partial charge is 0.340 e. The number of carbonyl (C=O) groups excluding carboxylic acids is 1. The minimum absolute atomic E-state index is 0.0880. The van der Waals surface area contributed by atoms with E-state index >= 15 is 0 Å². The molecule has 110 valence electrons. The molecule has 0 aliphatic carbocycles. The predicted octanol–water partition coefficient (Wildman–Crippen LogP) is 3.12. The molecule has 2 aromatic rings. The fourth-order valence-electron chi connectivity index (χ4n) is 1.89. The van der Waals surface area contributed by atoms with Crippen molar-refractivity contribution in [1.29, 1.82) is 0 Å². The van der Waals surface area contributed by atoms with E-state index in [4.69, 9.17) is 0 Å². The number of carboxylic acids is 1. The van der Waals surface area contributed by atoms with Gasteiger partial charge in [-0.25, -0.2) is 4.79 Å². The number of nitrogens with zero attached hydrogens (tertiary/aromatic N) is 2. The molecule has 1 aromatic carbocycles. The highest BCUT2D eigenvalue weighted by Crippen LogP contribution is 2.28. The maximum Gasteiger partial charge on any atom is 0.340 e. The van der Waals surface area contributed by atoms with Gasteiger partial charge in [0.25, 0.3) is 0 Å². The van der Waals surface area contributed by atoms with Gasteiger partial charge in [-0.05, 0) is 36.2 Å². The Morgan fingerprint density at radius 2 is 2.14 bits per heavy atom. The Hall–Kier alpha value is -1.73. The second kappa shape index (κ2) is 6.36. The van der Waals surface area contributed by atoms with Crippen molar-refractivity contribution in [2.45, 2.75) is 13.3 Å². The zero-order valence-electron chi connectivity index (χ0n) is 11.5. The fourth-order valence-corrected chi connectivity index (χ4v) is 3.20. The normalized spacial score (nSPS) is 10.4. The highest BCUT2D eigenvalue weighted by molar-refractivity contribution is 9.10. The summed E-state index contributed by atoms with van der Waals surface area (Å²) >= 11 is 4.38. The number of halogens is 1. The zero-order valence-corrected chi connectivity index (χ0v) is 13.9. The van der Waals surface area contributed by atoms with Gasteiger partial charge in [-0.15, -0.1) is 0 Å². The summed E-state index contributed by atoms with van der Waals surface area (Å²) in [6.45, 7) is 1.62. The monoisotopic (exact) mass is 368 g/mol. The number of amides is 1. The summed E-state index contributed by atoms with van der Waals surface area (Å²) < 4.78 is 4.92. The quantitative estimate of drug-likeness (QED) is 0.899. The molecule has 0 aliphatic heterocycles. The van der Waals surface area contributed by atoms with Crippen LogP contribution in [0.2, 0.25) is 0 Å². The lowest BCUT2D eigenvalue weighted by molar-refractivity contribution is -0.117. The molecular weight excluding hydrogens is 356 g/mol. The lowest BCUT2D eigenvalue weighted by Gasteiger charge is -2.16. The van der Waals surface area contributed by atoms with Crippen LogP contribution in [0.4, 0.5) is 5.00 Å². The van der Waals surface area contributed by atoms with Crippen molar-refractivity contribution >= 4 is 44.3 Å². The van der Waals surface area contributed by atoms with Gasteiger partial charge in [-0.3, -0.25) is 4.79 Å². The molecule has 0 radical (unpaired) electrons. The van der Waals surface area contributed by atoms with E-state index < -0.39 is 5.97 Å². The number of hydrogen-bond acceptors (Lipinski definition) is 4. The molecule has 1 amide bonds. The number of aromatic nitrogens is 1. The summed E-state index contributed by atoms with van der Waals surface area (Å²) in [6.07, 6.45) is 0.200. The first-order chi connectivity index (χ1) is 9.90. The molecule has 1 N–H and O–H groups in total. The zero-order chi connectivity index (χ0) is 15.6. The van der Waals surface area contributed by atoms with E-state index in [0.717, 1.165) is 21.6 Å². The van der Waals surface area contributed by atoms with Crippen LogP contribution in [0.1, 0.15) is 21.6 Å². The van der Waals surface area contributed by atoms with Crippen molar-refractivity contribution in [3.8, 4) is 0 Å². The van der Waals surface area contributed by atoms with Crippen LogP contribution in [0, 0.1) is 6.92 Å². The Bertz CT molecular complexity index is 699. The highest BCUT2D eigenvalue weighted by atomic mass is 79.9. The maximum atomic E-state index is 12.3. The van der Waals surface area contributed by atoms with Gasteiger partial charge in [0.2, 0.25) is 5.91 Å². The average Bonchev–Trinajstić information content (AvgIpc) is 2.79. The number of carbonyl (C=O) groups is 2. The number of likely N-dealkylation sites (N-methyl/N-ethyl adjacent to an activating group) is 1. The van der Waals surface area contributed by atoms with Gasteiger partial charge in [-0.2, -0.15) is 4.37 Å². The molecule has 21 heavy (non-hydrogen) atoms. The van der Waals surface area contributed by atoms with E-state index in [1.165, 1.54) is 4.90 Å². The Kier molecular flexibility index (Phi) is 4.74. The minimum Gasteiger partial charge on any atom is -0.478 e. The lowest BCUT2D eigenvalue weighted by Crippen LogP contribution is -2.28. The average molecular weight is 369 g/mol. The van der Waals surface area contributed by atoms with Gasteiger partial charge >= 0.3 is 5.97 Å². The molecule has 0 fully saturated rings. The van der Waals surface area contributed by atoms with E-state index in [1.807, 2.05) is 24.3 Å². The van der Waals surface area contributed by atoms with Gasteiger partial charge in [-0.1, -0.05) is 28.1 Å². The third-order valence-corrected chi connectivity index (χ3v) is 4.49. The van der Waals surface area contributed by atoms with E-state index in [9.17, 15) is 14.7 Å². The van der Waals surface area contributed by atoms with Crippen LogP contribution < -0.4 is 4.90 Å². The lowest BCUT2D eigenvalue weighted by atomic mass is 10.1. The summed E-state index contributed by atoms with van der Waals surface area (Å²) in [4.78, 5) is 24.9. The summed E-state index contributed by atoms with van der Waals surface area (Å²) in [5, 5.41) is 9.58. The van der Waals surface area contributed by atoms with Crippen LogP contribution in [0.25, 0.3) is 0 Å². The van der Waals surface area contributed by atoms with Gasteiger partial charge < -0.3 is 10.0 Å². The molecule has 0 bridgehead atoms. The van der Waals surface area contributed by atoms with Crippen molar-refractivity contribution in [2.24, 2.45) is 0 Å². The van der Waals surface area contributed by atoms with Gasteiger partial charge in [0.05, 0.1) is 12.1 Å². The largest absolute Gasteiger partial charge is 0.478 e. The maximum absolute atomic E-state index is 12.3. The summed E-state index contributed by atoms with van der Waals surface area (Å²) in [5.41, 5.74) is 1.37. The molecule has 0 unspecified atom stereocenters. The number of aryl methyl sites for hydroxylation is 1. The van der Waals surface area contributed by atoms with Crippen LogP contribution in [0.15, 0.2) is 28.7 Å². The number of anilines is 1. The number of hydrogen-bond donors (Lipinski definition) is 1. The van der Waals surface area contributed by atoms with E-state index in [-0.39, 0.29) is 17.9 Å². The third-order valence-electron chi connectivity index (χ3n) is 2.98. The van der Waals surface area contributed by atoms with Crippen LogP contribution in [-0.2, 0) is 11.2 Å². The van der Waals surface area contributed by atoms with Crippen LogP contribution in [-0.4, -0.2) is 28.4 Å². The summed E-state index contributed by atoms with van der Waals surface area (Å²) in [6, 6.07) is 7.45. The van der Waals surface area contributed by atoms with Crippen molar-refractivity contribution in [2.75, 3.05) is 11.9 Å². The molecule has 0 aliphatic rings. The molecule has 0 atom stereocenters. The molecule has 5 nitrogen and oxygen atoms in total. The van der Waals surface area contributed by atoms with Crippen molar-refractivity contribution in [1.82, 2.24) is 4.37 Å². The Balaban J connectivity index is 2.22. The standard InChI is InChI=1S/C14H13BrN2O3S/c1-8-12(14(19)20)13(21-16-8)17(2)11(18)7-9-4-3-5-10(15)6-9/h3-6H,7H2,1-2H3,(H,19,20). The topological polar surface area (TPSA) is 70.5 Å². The van der Waals surface area contributed by atoms with Crippen LogP contribution in [0.3, 0.4) is 0 Å². The molecule has 0 spiro atoms. The molecule has 1 heterocycles. The summed E-state index contributed by atoms with van der Waals surface area (Å²) in [7, 11) is 1.57. The minimum atomic E-state index is -1.07. The second-order valence-corrected chi connectivity index (χ2v) is 6.18. The van der Waals surface area contributed by atoms with E-state index in [0.29, 0.717) is 10.7 Å². The number of carboxylic acid groups (broad SMARTS) is 1.